The van der Waals surface area contributed by atoms with Gasteiger partial charge in [-0.25, -0.2) is 8.42 Å². The Labute approximate surface area is 103 Å². The van der Waals surface area contributed by atoms with Crippen LogP contribution in [0, 0.1) is 0 Å². The van der Waals surface area contributed by atoms with E-state index in [1.54, 1.807) is 31.2 Å². The molecule has 17 heavy (non-hydrogen) atoms. The average molecular weight is 257 g/mol. The van der Waals surface area contributed by atoms with Crippen molar-refractivity contribution in [2.24, 2.45) is 0 Å². The minimum absolute atomic E-state index is 0.256. The number of aliphatic hydroxyl groups is 1. The highest BCUT2D eigenvalue weighted by Gasteiger charge is 2.19. The molecule has 4 nitrogen and oxygen atoms in total. The highest BCUT2D eigenvalue weighted by Crippen LogP contribution is 2.21. The Morgan fingerprint density at radius 1 is 1.35 bits per heavy atom. The lowest BCUT2D eigenvalue weighted by atomic mass is 10.0. The van der Waals surface area contributed by atoms with Crippen LogP contribution in [0.5, 0.6) is 0 Å². The van der Waals surface area contributed by atoms with Gasteiger partial charge in [-0.2, -0.15) is 0 Å². The van der Waals surface area contributed by atoms with E-state index < -0.39 is 15.4 Å². The predicted molar refractivity (Wildman–Crippen MR) is 69.0 cm³/mol. The van der Waals surface area contributed by atoms with Gasteiger partial charge in [-0.05, 0) is 25.5 Å². The van der Waals surface area contributed by atoms with Crippen molar-refractivity contribution < 1.29 is 13.5 Å². The molecule has 0 heterocycles. The molecule has 0 radical (unpaired) electrons. The van der Waals surface area contributed by atoms with Gasteiger partial charge in [-0.3, -0.25) is 0 Å². The van der Waals surface area contributed by atoms with Crippen molar-refractivity contribution in [3.8, 4) is 0 Å². The lowest BCUT2D eigenvalue weighted by Crippen LogP contribution is -2.32. The lowest BCUT2D eigenvalue weighted by molar-refractivity contribution is 0.0697. The van der Waals surface area contributed by atoms with Crippen LogP contribution in [-0.2, 0) is 9.84 Å². The molecule has 5 heteroatoms. The molecule has 0 saturated carbocycles. The summed E-state index contributed by atoms with van der Waals surface area (Å²) in [6.45, 7) is 3.91. The molecule has 0 bridgehead atoms. The zero-order valence-corrected chi connectivity index (χ0v) is 11.2. The molecule has 0 aliphatic carbocycles. The summed E-state index contributed by atoms with van der Waals surface area (Å²) in [6.07, 6.45) is 1.77. The molecule has 0 aliphatic heterocycles. The summed E-state index contributed by atoms with van der Waals surface area (Å²) >= 11 is 0. The third-order valence-corrected chi connectivity index (χ3v) is 3.86. The lowest BCUT2D eigenvalue weighted by Gasteiger charge is -2.23. The fourth-order valence-electron chi connectivity index (χ4n) is 1.35. The van der Waals surface area contributed by atoms with Gasteiger partial charge in [0.25, 0.3) is 0 Å². The second-order valence-corrected chi connectivity index (χ2v) is 6.46. The van der Waals surface area contributed by atoms with E-state index in [2.05, 4.69) is 5.32 Å². The number of hydrogen-bond donors (Lipinski definition) is 2. The first-order valence-corrected chi connectivity index (χ1v) is 7.41. The average Bonchev–Trinajstić information content (AvgIpc) is 2.26. The predicted octanol–water partition coefficient (Wildman–Crippen LogP) is 1.66. The maximum atomic E-state index is 11.5. The maximum Gasteiger partial charge on any atom is 0.177 e. The Bertz CT molecular complexity index is 480. The molecule has 0 aliphatic rings. The van der Waals surface area contributed by atoms with Crippen molar-refractivity contribution in [3.05, 3.63) is 24.3 Å². The fraction of sp³-hybridized carbons (Fsp3) is 0.500. The molecule has 2 N–H and O–H groups in total. The van der Waals surface area contributed by atoms with Gasteiger partial charge in [-0.15, -0.1) is 0 Å². The van der Waals surface area contributed by atoms with Crippen molar-refractivity contribution in [1.82, 2.24) is 0 Å². The molecule has 1 unspecified atom stereocenters. The van der Waals surface area contributed by atoms with Gasteiger partial charge in [0.1, 0.15) is 0 Å². The third kappa shape index (κ3) is 4.02. The number of hydrogen-bond acceptors (Lipinski definition) is 4. The standard InChI is InChI=1S/C12H19NO3S/c1-4-12(2,14)9-13-10-7-5-6-8-11(10)17(3,15)16/h5-8,13-14H,4,9H2,1-3H3. The summed E-state index contributed by atoms with van der Waals surface area (Å²) in [5.74, 6) is 0. The van der Waals surface area contributed by atoms with Gasteiger partial charge in [0.2, 0.25) is 0 Å². The summed E-state index contributed by atoms with van der Waals surface area (Å²) in [5.41, 5.74) is -0.311. The summed E-state index contributed by atoms with van der Waals surface area (Å²) in [7, 11) is -3.25. The van der Waals surface area contributed by atoms with Gasteiger partial charge < -0.3 is 10.4 Å². The van der Waals surface area contributed by atoms with Crippen molar-refractivity contribution in [2.45, 2.75) is 30.8 Å². The van der Waals surface area contributed by atoms with Crippen molar-refractivity contribution in [1.29, 1.82) is 0 Å². The zero-order valence-electron chi connectivity index (χ0n) is 10.4. The minimum atomic E-state index is -3.25. The van der Waals surface area contributed by atoms with E-state index in [1.165, 1.54) is 6.26 Å². The number of anilines is 1. The van der Waals surface area contributed by atoms with Gasteiger partial charge in [0, 0.05) is 12.8 Å². The first kappa shape index (κ1) is 14.0. The molecule has 96 valence electrons. The van der Waals surface area contributed by atoms with Gasteiger partial charge >= 0.3 is 0 Å². The van der Waals surface area contributed by atoms with Crippen LogP contribution in [-0.4, -0.2) is 31.9 Å². The van der Waals surface area contributed by atoms with Crippen LogP contribution < -0.4 is 5.32 Å². The first-order chi connectivity index (χ1) is 7.76. The van der Waals surface area contributed by atoms with E-state index in [1.807, 2.05) is 6.92 Å². The number of rotatable bonds is 5. The molecule has 1 aromatic carbocycles. The van der Waals surface area contributed by atoms with Crippen LogP contribution in [0.25, 0.3) is 0 Å². The molecule has 0 saturated heterocycles. The molecule has 0 aromatic heterocycles. The van der Waals surface area contributed by atoms with Crippen LogP contribution in [0.4, 0.5) is 5.69 Å². The third-order valence-electron chi connectivity index (χ3n) is 2.71. The normalized spacial score (nSPS) is 15.3. The SMILES string of the molecule is CCC(C)(O)CNc1ccccc1S(C)(=O)=O. The van der Waals surface area contributed by atoms with Crippen LogP contribution in [0.15, 0.2) is 29.2 Å². The number of benzene rings is 1. The van der Waals surface area contributed by atoms with Gasteiger partial charge in [0.05, 0.1) is 16.2 Å². The van der Waals surface area contributed by atoms with Crippen LogP contribution in [0.3, 0.4) is 0 Å². The molecular formula is C12H19NO3S. The molecule has 0 spiro atoms. The van der Waals surface area contributed by atoms with E-state index in [0.717, 1.165) is 0 Å². The monoisotopic (exact) mass is 257 g/mol. The van der Waals surface area contributed by atoms with Crippen LogP contribution in [0.2, 0.25) is 0 Å². The Hall–Kier alpha value is -1.07. The smallest absolute Gasteiger partial charge is 0.177 e. The number of sulfone groups is 1. The molecular weight excluding hydrogens is 238 g/mol. The summed E-state index contributed by atoms with van der Waals surface area (Å²) in [6, 6.07) is 6.69. The topological polar surface area (TPSA) is 66.4 Å². The van der Waals surface area contributed by atoms with Gasteiger partial charge in [0.15, 0.2) is 9.84 Å². The van der Waals surface area contributed by atoms with Crippen molar-refractivity contribution >= 4 is 15.5 Å². The second-order valence-electron chi connectivity index (χ2n) is 4.47. The molecule has 1 atom stereocenters. The summed E-state index contributed by atoms with van der Waals surface area (Å²) in [4.78, 5) is 0.256. The van der Waals surface area contributed by atoms with Crippen molar-refractivity contribution in [3.63, 3.8) is 0 Å². The van der Waals surface area contributed by atoms with Crippen LogP contribution in [0.1, 0.15) is 20.3 Å². The summed E-state index contributed by atoms with van der Waals surface area (Å²) in [5, 5.41) is 12.8. The zero-order chi connectivity index (χ0) is 13.1. The van der Waals surface area contributed by atoms with Gasteiger partial charge in [-0.1, -0.05) is 19.1 Å². The quantitative estimate of drug-likeness (QED) is 0.842. The van der Waals surface area contributed by atoms with E-state index in [9.17, 15) is 13.5 Å². The highest BCUT2D eigenvalue weighted by molar-refractivity contribution is 7.90. The fourth-order valence-corrected chi connectivity index (χ4v) is 2.21. The van der Waals surface area contributed by atoms with E-state index >= 15 is 0 Å². The Balaban J connectivity index is 2.93. The minimum Gasteiger partial charge on any atom is -0.388 e. The second kappa shape index (κ2) is 5.06. The maximum absolute atomic E-state index is 11.5. The summed E-state index contributed by atoms with van der Waals surface area (Å²) < 4.78 is 23.1. The Morgan fingerprint density at radius 2 is 1.94 bits per heavy atom. The highest BCUT2D eigenvalue weighted by atomic mass is 32.2. The number of para-hydroxylation sites is 1. The van der Waals surface area contributed by atoms with Crippen LogP contribution >= 0.6 is 0 Å². The largest absolute Gasteiger partial charge is 0.388 e. The number of nitrogens with one attached hydrogen (secondary N) is 1. The molecule has 1 aromatic rings. The Kier molecular flexibility index (Phi) is 4.16. The molecule has 0 amide bonds. The van der Waals surface area contributed by atoms with E-state index in [-0.39, 0.29) is 4.90 Å². The molecule has 1 rings (SSSR count). The first-order valence-electron chi connectivity index (χ1n) is 5.51. The van der Waals surface area contributed by atoms with E-state index in [4.69, 9.17) is 0 Å². The Morgan fingerprint density at radius 3 is 2.47 bits per heavy atom. The van der Waals surface area contributed by atoms with E-state index in [0.29, 0.717) is 18.7 Å². The molecule has 0 fully saturated rings. The van der Waals surface area contributed by atoms with Crippen molar-refractivity contribution in [2.75, 3.05) is 18.1 Å².